The number of aliphatic imine (C=N–C) groups is 1. The number of likely N-dealkylation sites (tertiary alicyclic amines) is 1. The van der Waals surface area contributed by atoms with Crippen LogP contribution in [0.25, 0.3) is 0 Å². The number of hydrogen-bond donors (Lipinski definition) is 0. The van der Waals surface area contributed by atoms with Gasteiger partial charge in [0.15, 0.2) is 0 Å². The van der Waals surface area contributed by atoms with E-state index in [4.69, 9.17) is 9.73 Å². The molecule has 262 valence electrons. The molecule has 1 aromatic rings. The molecule has 0 bridgehead atoms. The molecule has 3 fully saturated rings. The van der Waals surface area contributed by atoms with Gasteiger partial charge in [-0.3, -0.25) is 14.5 Å². The highest BCUT2D eigenvalue weighted by Crippen LogP contribution is 2.38. The second kappa shape index (κ2) is 18.0. The topological polar surface area (TPSA) is 82.5 Å². The molecule has 1 aliphatic carbocycles. The number of carbonyl (C=O) groups excluding carboxylic acids is 3. The Morgan fingerprint density at radius 3 is 2.28 bits per heavy atom. The Morgan fingerprint density at radius 2 is 1.66 bits per heavy atom. The van der Waals surface area contributed by atoms with Crippen molar-refractivity contribution in [2.45, 2.75) is 181 Å². The zero-order chi connectivity index (χ0) is 33.9. The van der Waals surface area contributed by atoms with E-state index in [1.54, 1.807) is 0 Å². The number of nitrogens with zero attached hydrogens (tertiary/aromatic N) is 4. The molecule has 3 aliphatic rings. The van der Waals surface area contributed by atoms with Crippen LogP contribution in [-0.2, 0) is 25.7 Å². The van der Waals surface area contributed by atoms with Crippen molar-refractivity contribution < 1.29 is 19.1 Å². The minimum Gasteiger partial charge on any atom is -0.459 e. The Balaban J connectivity index is 1.71. The number of esters is 1. The van der Waals surface area contributed by atoms with Crippen LogP contribution in [0, 0.1) is 5.92 Å². The molecule has 1 aromatic carbocycles. The minimum atomic E-state index is -0.638. The van der Waals surface area contributed by atoms with Crippen LogP contribution in [0.2, 0.25) is 0 Å². The fourth-order valence-corrected chi connectivity index (χ4v) is 8.31. The molecule has 1 saturated carbocycles. The van der Waals surface area contributed by atoms with Crippen molar-refractivity contribution in [2.24, 2.45) is 10.9 Å². The number of guanidine groups is 1. The number of unbranched alkanes of at least 4 members (excludes halogenated alkanes) is 1. The monoisotopic (exact) mass is 650 g/mol. The lowest BCUT2D eigenvalue weighted by atomic mass is 9.92. The van der Waals surface area contributed by atoms with E-state index in [2.05, 4.69) is 39.5 Å². The van der Waals surface area contributed by atoms with Gasteiger partial charge in [0.1, 0.15) is 24.7 Å². The third kappa shape index (κ3) is 8.58. The maximum Gasteiger partial charge on any atom is 0.329 e. The van der Waals surface area contributed by atoms with Gasteiger partial charge in [0.25, 0.3) is 5.91 Å². The largest absolute Gasteiger partial charge is 0.459 e. The molecule has 8 heteroatoms. The average molecular weight is 651 g/mol. The average Bonchev–Trinajstić information content (AvgIpc) is 3.59. The maximum atomic E-state index is 14.9. The molecule has 0 N–H and O–H groups in total. The number of benzene rings is 1. The second-order valence-corrected chi connectivity index (χ2v) is 14.1. The Morgan fingerprint density at radius 1 is 0.957 bits per heavy atom. The predicted octanol–water partition coefficient (Wildman–Crippen LogP) is 7.88. The molecular weight excluding hydrogens is 588 g/mol. The fraction of sp³-hybridized carbons (Fsp3) is 0.744. The molecule has 2 amide bonds. The summed E-state index contributed by atoms with van der Waals surface area (Å²) in [6, 6.07) is 8.18. The molecule has 6 atom stereocenters. The molecule has 47 heavy (non-hydrogen) atoms. The van der Waals surface area contributed by atoms with Crippen molar-refractivity contribution >= 4 is 23.7 Å². The summed E-state index contributed by atoms with van der Waals surface area (Å²) >= 11 is 0. The third-order valence-electron chi connectivity index (χ3n) is 10.8. The van der Waals surface area contributed by atoms with Gasteiger partial charge < -0.3 is 14.5 Å². The van der Waals surface area contributed by atoms with Crippen molar-refractivity contribution in [1.29, 1.82) is 0 Å². The Labute approximate surface area is 284 Å². The van der Waals surface area contributed by atoms with Crippen molar-refractivity contribution in [3.05, 3.63) is 35.9 Å². The Bertz CT molecular complexity index is 1180. The predicted molar refractivity (Wildman–Crippen MR) is 189 cm³/mol. The van der Waals surface area contributed by atoms with Crippen LogP contribution in [0.5, 0.6) is 0 Å². The lowest BCUT2D eigenvalue weighted by molar-refractivity contribution is -0.157. The van der Waals surface area contributed by atoms with Crippen LogP contribution in [0.4, 0.5) is 0 Å². The lowest BCUT2D eigenvalue weighted by Gasteiger charge is -2.38. The highest BCUT2D eigenvalue weighted by molar-refractivity contribution is 6.08. The normalized spacial score (nSPS) is 25.9. The molecule has 0 spiro atoms. The van der Waals surface area contributed by atoms with Gasteiger partial charge in [-0.2, -0.15) is 0 Å². The summed E-state index contributed by atoms with van der Waals surface area (Å²) in [6.45, 7) is 12.9. The van der Waals surface area contributed by atoms with Crippen LogP contribution in [0.3, 0.4) is 0 Å². The van der Waals surface area contributed by atoms with Gasteiger partial charge >= 0.3 is 5.97 Å². The molecule has 2 aliphatic heterocycles. The smallest absolute Gasteiger partial charge is 0.329 e. The van der Waals surface area contributed by atoms with E-state index < -0.39 is 18.1 Å². The summed E-state index contributed by atoms with van der Waals surface area (Å²) in [5, 5.41) is 0. The molecule has 2 saturated heterocycles. The molecule has 2 heterocycles. The number of carbonyl (C=O) groups is 3. The van der Waals surface area contributed by atoms with Gasteiger partial charge in [-0.15, -0.1) is 0 Å². The van der Waals surface area contributed by atoms with E-state index in [-0.39, 0.29) is 48.4 Å². The second-order valence-electron chi connectivity index (χ2n) is 14.1. The van der Waals surface area contributed by atoms with Gasteiger partial charge in [0, 0.05) is 12.1 Å². The minimum absolute atomic E-state index is 0.0510. The van der Waals surface area contributed by atoms with Gasteiger partial charge in [0.2, 0.25) is 11.9 Å². The Kier molecular flexibility index (Phi) is 14.2. The van der Waals surface area contributed by atoms with E-state index in [1.165, 1.54) is 6.42 Å². The first-order chi connectivity index (χ1) is 22.8. The summed E-state index contributed by atoms with van der Waals surface area (Å²) in [7, 11) is 0. The van der Waals surface area contributed by atoms with Crippen LogP contribution >= 0.6 is 0 Å². The van der Waals surface area contributed by atoms with E-state index in [0.29, 0.717) is 18.8 Å². The number of hydrogen-bond acceptors (Lipinski definition) is 5. The molecule has 3 unspecified atom stereocenters. The maximum absolute atomic E-state index is 14.9. The summed E-state index contributed by atoms with van der Waals surface area (Å²) in [5.41, 5.74) is 0.928. The number of rotatable bonds is 16. The summed E-state index contributed by atoms with van der Waals surface area (Å²) in [4.78, 5) is 54.5. The summed E-state index contributed by atoms with van der Waals surface area (Å²) in [6.07, 6.45) is 14.2. The van der Waals surface area contributed by atoms with Crippen LogP contribution in [-0.4, -0.2) is 74.7 Å². The summed E-state index contributed by atoms with van der Waals surface area (Å²) in [5.74, 6) is 0.596. The van der Waals surface area contributed by atoms with Crippen molar-refractivity contribution in [1.82, 2.24) is 14.7 Å². The van der Waals surface area contributed by atoms with Crippen molar-refractivity contribution in [3.8, 4) is 0 Å². The molecule has 0 aromatic heterocycles. The van der Waals surface area contributed by atoms with Crippen molar-refractivity contribution in [3.63, 3.8) is 0 Å². The Hall–Kier alpha value is -2.90. The molecular formula is C39H62N4O4. The van der Waals surface area contributed by atoms with Crippen LogP contribution in [0.1, 0.15) is 143 Å². The van der Waals surface area contributed by atoms with Crippen LogP contribution < -0.4 is 0 Å². The van der Waals surface area contributed by atoms with Crippen LogP contribution in [0.15, 0.2) is 35.3 Å². The third-order valence-corrected chi connectivity index (χ3v) is 10.8. The molecule has 8 nitrogen and oxygen atoms in total. The first-order valence-electron chi connectivity index (χ1n) is 19.0. The number of amides is 2. The standard InChI is InChI=1S/C39H62N4O4/c1-7-12-23-31(10-4)40-39-41(34(20-9-3)37(45)42(39)32-24-17-14-18-25-32)28(6)36(44)43-33(11-5)30(19-8-2)26-35(43)38(46)47-27-29-21-15-13-16-22-29/h13,15-16,21-22,28,30-35H,7-12,14,17-20,23-27H2,1-6H3/b40-39+/t28-,30?,31?,33-,34?,35-/m0/s1. The quantitative estimate of drug-likeness (QED) is 0.170. The van der Waals surface area contributed by atoms with Gasteiger partial charge in [-0.05, 0) is 69.8 Å². The highest BCUT2D eigenvalue weighted by Gasteiger charge is 2.53. The SMILES string of the molecule is CCCCC(CC)/N=C1/N(C2CCCCC2)C(=O)C(CCC)N1[C@@H](C)C(=O)N1[C@H](C(=O)OCc2ccccc2)CC(CCC)[C@@H]1CC. The molecule has 0 radical (unpaired) electrons. The van der Waals surface area contributed by atoms with E-state index >= 15 is 0 Å². The number of ether oxygens (including phenoxy) is 1. The van der Waals surface area contributed by atoms with Gasteiger partial charge in [0.05, 0.1) is 6.04 Å². The van der Waals surface area contributed by atoms with Gasteiger partial charge in [-0.25, -0.2) is 9.79 Å². The summed E-state index contributed by atoms with van der Waals surface area (Å²) < 4.78 is 5.88. The van der Waals surface area contributed by atoms with E-state index in [9.17, 15) is 14.4 Å². The lowest BCUT2D eigenvalue weighted by Crippen LogP contribution is -2.56. The van der Waals surface area contributed by atoms with Crippen molar-refractivity contribution in [2.75, 3.05) is 0 Å². The fourth-order valence-electron chi connectivity index (χ4n) is 8.31. The van der Waals surface area contributed by atoms with E-state index in [0.717, 1.165) is 82.6 Å². The zero-order valence-corrected chi connectivity index (χ0v) is 30.2. The van der Waals surface area contributed by atoms with Gasteiger partial charge in [-0.1, -0.05) is 110 Å². The zero-order valence-electron chi connectivity index (χ0n) is 30.2. The van der Waals surface area contributed by atoms with E-state index in [1.807, 2.05) is 47.1 Å². The first-order valence-corrected chi connectivity index (χ1v) is 19.0. The first kappa shape index (κ1) is 36.9. The molecule has 4 rings (SSSR count). The highest BCUT2D eigenvalue weighted by atomic mass is 16.5.